The van der Waals surface area contributed by atoms with Crippen molar-refractivity contribution in [2.75, 3.05) is 26.2 Å². The van der Waals surface area contributed by atoms with Crippen molar-refractivity contribution < 1.29 is 5.11 Å². The van der Waals surface area contributed by atoms with E-state index in [4.69, 9.17) is 5.73 Å². The van der Waals surface area contributed by atoms with Crippen molar-refractivity contribution in [3.8, 4) is 0 Å². The van der Waals surface area contributed by atoms with Crippen LogP contribution < -0.4 is 11.4 Å². The van der Waals surface area contributed by atoms with Gasteiger partial charge in [-0.05, 0) is 31.9 Å². The van der Waals surface area contributed by atoms with Crippen LogP contribution in [0.15, 0.2) is 29.1 Å². The van der Waals surface area contributed by atoms with E-state index in [1.165, 1.54) is 0 Å². The first-order valence-corrected chi connectivity index (χ1v) is 7.84. The lowest BCUT2D eigenvalue weighted by atomic mass is 10.0. The molecule has 1 saturated heterocycles. The Bertz CT molecular complexity index is 695. The van der Waals surface area contributed by atoms with Crippen LogP contribution in [0.2, 0.25) is 0 Å². The van der Waals surface area contributed by atoms with Crippen LogP contribution >= 0.6 is 0 Å². The van der Waals surface area contributed by atoms with Gasteiger partial charge in [-0.2, -0.15) is 0 Å². The van der Waals surface area contributed by atoms with E-state index in [1.54, 1.807) is 6.92 Å². The zero-order chi connectivity index (χ0) is 15.7. The van der Waals surface area contributed by atoms with Gasteiger partial charge in [0.25, 0.3) is 0 Å². The second kappa shape index (κ2) is 5.87. The lowest BCUT2D eigenvalue weighted by Crippen LogP contribution is -2.48. The van der Waals surface area contributed by atoms with Crippen LogP contribution in [0.4, 0.5) is 0 Å². The Morgan fingerprint density at radius 3 is 2.73 bits per heavy atom. The Hall–Kier alpha value is -1.63. The number of aliphatic hydroxyl groups is 1. The van der Waals surface area contributed by atoms with Crippen molar-refractivity contribution in [1.29, 1.82) is 0 Å². The molecule has 2 heterocycles. The van der Waals surface area contributed by atoms with E-state index in [0.29, 0.717) is 6.54 Å². The number of imidazole rings is 1. The maximum atomic E-state index is 12.2. The van der Waals surface area contributed by atoms with E-state index in [9.17, 15) is 9.90 Å². The van der Waals surface area contributed by atoms with E-state index in [0.717, 1.165) is 37.0 Å². The highest BCUT2D eigenvalue weighted by Crippen LogP contribution is 2.25. The molecular formula is C16H24N4O2. The van der Waals surface area contributed by atoms with E-state index in [1.807, 2.05) is 28.8 Å². The molecule has 0 radical (unpaired) electrons. The minimum atomic E-state index is -0.843. The second-order valence-corrected chi connectivity index (χ2v) is 6.53. The fourth-order valence-electron chi connectivity index (χ4n) is 3.32. The lowest BCUT2D eigenvalue weighted by molar-refractivity contribution is 0.0173. The predicted octanol–water partition coefficient (Wildman–Crippen LogP) is 0.676. The molecule has 0 bridgehead atoms. The van der Waals surface area contributed by atoms with Gasteiger partial charge in [0.2, 0.25) is 0 Å². The lowest BCUT2D eigenvalue weighted by Gasteiger charge is -2.36. The number of rotatable bonds is 4. The number of piperidine rings is 1. The highest BCUT2D eigenvalue weighted by atomic mass is 16.3. The van der Waals surface area contributed by atoms with Gasteiger partial charge in [0.1, 0.15) is 0 Å². The fraction of sp³-hybridized carbons (Fsp3) is 0.562. The standard InChI is InChI=1S/C16H24N4O2/c1-16(22,10-17)11-19-8-6-12(7-9-19)20-14-5-3-2-4-13(14)18-15(20)21/h2-5,12,22H,6-11,17H2,1H3,(H,18,21). The average molecular weight is 304 g/mol. The van der Waals surface area contributed by atoms with Crippen LogP contribution in [-0.2, 0) is 0 Å². The Labute approximate surface area is 129 Å². The van der Waals surface area contributed by atoms with Crippen LogP contribution in [0.25, 0.3) is 11.0 Å². The largest absolute Gasteiger partial charge is 0.388 e. The number of para-hydroxylation sites is 2. The molecule has 1 aromatic heterocycles. The number of hydrogen-bond donors (Lipinski definition) is 3. The third-order valence-corrected chi connectivity index (χ3v) is 4.55. The molecule has 6 heteroatoms. The quantitative estimate of drug-likeness (QED) is 0.775. The molecule has 1 atom stereocenters. The summed E-state index contributed by atoms with van der Waals surface area (Å²) >= 11 is 0. The van der Waals surface area contributed by atoms with Crippen molar-refractivity contribution >= 4 is 11.0 Å². The van der Waals surface area contributed by atoms with Gasteiger partial charge in [0.15, 0.2) is 0 Å². The van der Waals surface area contributed by atoms with E-state index in [2.05, 4.69) is 9.88 Å². The van der Waals surface area contributed by atoms with Crippen LogP contribution in [0.5, 0.6) is 0 Å². The number of fused-ring (bicyclic) bond motifs is 1. The SMILES string of the molecule is CC(O)(CN)CN1CCC(n2c(=O)[nH]c3ccccc32)CC1. The molecule has 2 aromatic rings. The van der Waals surface area contributed by atoms with Crippen LogP contribution in [0, 0.1) is 0 Å². The monoisotopic (exact) mass is 304 g/mol. The number of likely N-dealkylation sites (tertiary alicyclic amines) is 1. The van der Waals surface area contributed by atoms with Gasteiger partial charge in [-0.15, -0.1) is 0 Å². The number of H-pyrrole nitrogens is 1. The molecule has 3 rings (SSSR count). The minimum absolute atomic E-state index is 0.0337. The smallest absolute Gasteiger partial charge is 0.326 e. The van der Waals surface area contributed by atoms with Gasteiger partial charge in [-0.25, -0.2) is 4.79 Å². The van der Waals surface area contributed by atoms with Crippen LogP contribution in [0.1, 0.15) is 25.8 Å². The molecular weight excluding hydrogens is 280 g/mol. The summed E-state index contributed by atoms with van der Waals surface area (Å²) in [4.78, 5) is 17.4. The Morgan fingerprint density at radius 2 is 2.05 bits per heavy atom. The van der Waals surface area contributed by atoms with Crippen molar-refractivity contribution in [1.82, 2.24) is 14.5 Å². The fourth-order valence-corrected chi connectivity index (χ4v) is 3.32. The van der Waals surface area contributed by atoms with E-state index >= 15 is 0 Å². The van der Waals surface area contributed by atoms with Gasteiger partial charge in [0, 0.05) is 32.2 Å². The highest BCUT2D eigenvalue weighted by Gasteiger charge is 2.28. The summed E-state index contributed by atoms with van der Waals surface area (Å²) in [6.07, 6.45) is 1.81. The Kier molecular flexibility index (Phi) is 4.08. The number of nitrogens with one attached hydrogen (secondary N) is 1. The van der Waals surface area contributed by atoms with Gasteiger partial charge in [-0.1, -0.05) is 12.1 Å². The first-order chi connectivity index (χ1) is 10.5. The number of nitrogens with zero attached hydrogens (tertiary/aromatic N) is 2. The predicted molar refractivity (Wildman–Crippen MR) is 86.9 cm³/mol. The molecule has 6 nitrogen and oxygen atoms in total. The number of benzene rings is 1. The molecule has 1 aliphatic rings. The van der Waals surface area contributed by atoms with E-state index < -0.39 is 5.60 Å². The zero-order valence-corrected chi connectivity index (χ0v) is 13.0. The van der Waals surface area contributed by atoms with Gasteiger partial charge in [-0.3, -0.25) is 4.57 Å². The normalized spacial score (nSPS) is 20.3. The topological polar surface area (TPSA) is 87.3 Å². The van der Waals surface area contributed by atoms with Gasteiger partial charge < -0.3 is 20.7 Å². The second-order valence-electron chi connectivity index (χ2n) is 6.53. The Morgan fingerprint density at radius 1 is 1.36 bits per heavy atom. The number of aromatic amines is 1. The van der Waals surface area contributed by atoms with Crippen LogP contribution in [-0.4, -0.2) is 51.3 Å². The molecule has 22 heavy (non-hydrogen) atoms. The zero-order valence-electron chi connectivity index (χ0n) is 13.0. The molecule has 0 amide bonds. The first-order valence-electron chi connectivity index (χ1n) is 7.84. The minimum Gasteiger partial charge on any atom is -0.388 e. The third-order valence-electron chi connectivity index (χ3n) is 4.55. The first kappa shape index (κ1) is 15.3. The molecule has 1 unspecified atom stereocenters. The maximum absolute atomic E-state index is 12.2. The number of β-amino-alcohol motifs (C(OH)–C–C–N with tert-alkyl or cyclic N) is 1. The third kappa shape index (κ3) is 2.95. The van der Waals surface area contributed by atoms with E-state index in [-0.39, 0.29) is 18.3 Å². The highest BCUT2D eigenvalue weighted by molar-refractivity contribution is 5.75. The summed E-state index contributed by atoms with van der Waals surface area (Å²) < 4.78 is 1.88. The summed E-state index contributed by atoms with van der Waals surface area (Å²) in [6, 6.07) is 8.02. The molecule has 120 valence electrons. The maximum Gasteiger partial charge on any atom is 0.326 e. The molecule has 0 saturated carbocycles. The molecule has 4 N–H and O–H groups in total. The Balaban J connectivity index is 1.73. The molecule has 0 aliphatic carbocycles. The van der Waals surface area contributed by atoms with Crippen molar-refractivity contribution in [2.45, 2.75) is 31.4 Å². The summed E-state index contributed by atoms with van der Waals surface area (Å²) in [5, 5.41) is 10.1. The van der Waals surface area contributed by atoms with Crippen molar-refractivity contribution in [2.24, 2.45) is 5.73 Å². The summed E-state index contributed by atoms with van der Waals surface area (Å²) in [5.74, 6) is 0. The summed E-state index contributed by atoms with van der Waals surface area (Å²) in [7, 11) is 0. The molecule has 0 spiro atoms. The van der Waals surface area contributed by atoms with Crippen LogP contribution in [0.3, 0.4) is 0 Å². The van der Waals surface area contributed by atoms with Crippen molar-refractivity contribution in [3.05, 3.63) is 34.7 Å². The van der Waals surface area contributed by atoms with Gasteiger partial charge >= 0.3 is 5.69 Å². The summed E-state index contributed by atoms with van der Waals surface area (Å²) in [5.41, 5.74) is 6.57. The molecule has 1 fully saturated rings. The number of nitrogens with two attached hydrogens (primary N) is 1. The summed E-state index contributed by atoms with van der Waals surface area (Å²) in [6.45, 7) is 4.34. The average Bonchev–Trinajstić information content (AvgIpc) is 2.84. The van der Waals surface area contributed by atoms with Crippen molar-refractivity contribution in [3.63, 3.8) is 0 Å². The molecule has 1 aliphatic heterocycles. The number of hydrogen-bond acceptors (Lipinski definition) is 4. The van der Waals surface area contributed by atoms with Gasteiger partial charge in [0.05, 0.1) is 16.6 Å². The number of aromatic nitrogens is 2. The molecule has 1 aromatic carbocycles.